The summed E-state index contributed by atoms with van der Waals surface area (Å²) in [5, 5.41) is 26.2. The van der Waals surface area contributed by atoms with Gasteiger partial charge in [0, 0.05) is 67.6 Å². The summed E-state index contributed by atoms with van der Waals surface area (Å²) in [7, 11) is 1.51. The Morgan fingerprint density at radius 2 is 1.67 bits per heavy atom. The highest BCUT2D eigenvalue weighted by atomic mass is 16.5. The normalized spacial score (nSPS) is 18.5. The average molecular weight is 622 g/mol. The number of nitrogens with one attached hydrogen (secondary N) is 2. The number of aromatic nitrogens is 6. The van der Waals surface area contributed by atoms with Gasteiger partial charge < -0.3 is 25.4 Å². The van der Waals surface area contributed by atoms with Crippen LogP contribution in [-0.2, 0) is 6.54 Å². The van der Waals surface area contributed by atoms with Crippen molar-refractivity contribution in [3.8, 4) is 23.2 Å². The van der Waals surface area contributed by atoms with E-state index in [9.17, 15) is 15.2 Å². The van der Waals surface area contributed by atoms with Crippen LogP contribution >= 0.6 is 0 Å². The minimum absolute atomic E-state index is 0.0733. The van der Waals surface area contributed by atoms with Crippen LogP contribution in [0.25, 0.3) is 11.1 Å². The highest BCUT2D eigenvalue weighted by molar-refractivity contribution is 5.90. The number of hydrogen-bond donors (Lipinski definition) is 3. The van der Waals surface area contributed by atoms with Crippen molar-refractivity contribution >= 4 is 23.7 Å². The van der Waals surface area contributed by atoms with E-state index in [0.29, 0.717) is 61.3 Å². The molecule has 4 aromatic rings. The highest BCUT2D eigenvalue weighted by Crippen LogP contribution is 2.31. The van der Waals surface area contributed by atoms with Crippen LogP contribution in [0.3, 0.4) is 0 Å². The van der Waals surface area contributed by atoms with Crippen LogP contribution in [-0.4, -0.2) is 78.9 Å². The molecule has 2 amide bonds. The number of anilines is 3. The molecule has 2 fully saturated rings. The van der Waals surface area contributed by atoms with Crippen molar-refractivity contribution in [1.82, 2.24) is 35.2 Å². The quantitative estimate of drug-likeness (QED) is 0.249. The summed E-state index contributed by atoms with van der Waals surface area (Å²) >= 11 is 0. The van der Waals surface area contributed by atoms with Gasteiger partial charge in [-0.25, -0.2) is 29.7 Å². The van der Waals surface area contributed by atoms with Crippen molar-refractivity contribution in [2.75, 3.05) is 35.3 Å². The zero-order chi connectivity index (χ0) is 32.1. The first-order chi connectivity index (χ1) is 22.3. The fourth-order valence-electron chi connectivity index (χ4n) is 5.79. The molecule has 4 heterocycles. The van der Waals surface area contributed by atoms with Crippen LogP contribution in [0.15, 0.2) is 61.3 Å². The van der Waals surface area contributed by atoms with E-state index in [2.05, 4.69) is 46.6 Å². The Labute approximate surface area is 266 Å². The second kappa shape index (κ2) is 13.3. The SMILES string of the molecule is COc1ncc(-c2cnc(N(C(=O)NCc3ccccc3)[C@H]3CC[C@H](Nc4ncc(C#N)c(N5CC(C)(O)C5)n4)CC3)nc2)cn1. The molecular formula is C32H35N11O3. The Morgan fingerprint density at radius 1 is 1.02 bits per heavy atom. The molecule has 1 aromatic carbocycles. The number of nitrogens with zero attached hydrogens (tertiary/aromatic N) is 9. The highest BCUT2D eigenvalue weighted by Gasteiger charge is 2.39. The third-order valence-corrected chi connectivity index (χ3v) is 8.15. The summed E-state index contributed by atoms with van der Waals surface area (Å²) in [4.78, 5) is 43.7. The molecule has 3 N–H and O–H groups in total. The van der Waals surface area contributed by atoms with E-state index in [1.54, 1.807) is 36.6 Å². The van der Waals surface area contributed by atoms with Gasteiger partial charge in [0.25, 0.3) is 0 Å². The predicted molar refractivity (Wildman–Crippen MR) is 170 cm³/mol. The Kier molecular flexibility index (Phi) is 8.84. The number of methoxy groups -OCH3 is 1. The fraction of sp³-hybridized carbons (Fsp3) is 0.375. The summed E-state index contributed by atoms with van der Waals surface area (Å²) in [6.45, 7) is 2.94. The Balaban J connectivity index is 1.15. The second-order valence-corrected chi connectivity index (χ2v) is 11.8. The fourth-order valence-corrected chi connectivity index (χ4v) is 5.79. The van der Waals surface area contributed by atoms with Gasteiger partial charge in [-0.05, 0) is 38.2 Å². The van der Waals surface area contributed by atoms with E-state index < -0.39 is 5.60 Å². The molecule has 1 saturated heterocycles. The molecule has 0 spiro atoms. The van der Waals surface area contributed by atoms with E-state index in [1.807, 2.05) is 35.2 Å². The Bertz CT molecular complexity index is 1680. The molecule has 0 bridgehead atoms. The van der Waals surface area contributed by atoms with Gasteiger partial charge >= 0.3 is 12.0 Å². The van der Waals surface area contributed by atoms with Crippen LogP contribution in [0, 0.1) is 11.3 Å². The third-order valence-electron chi connectivity index (χ3n) is 8.15. The third kappa shape index (κ3) is 6.94. The van der Waals surface area contributed by atoms with Gasteiger partial charge in [-0.3, -0.25) is 4.90 Å². The summed E-state index contributed by atoms with van der Waals surface area (Å²) < 4.78 is 5.04. The van der Waals surface area contributed by atoms with E-state index in [0.717, 1.165) is 24.0 Å². The van der Waals surface area contributed by atoms with Crippen LogP contribution in [0.2, 0.25) is 0 Å². The van der Waals surface area contributed by atoms with E-state index in [4.69, 9.17) is 4.74 Å². The zero-order valence-electron chi connectivity index (χ0n) is 25.7. The van der Waals surface area contributed by atoms with E-state index in [1.165, 1.54) is 13.3 Å². The number of rotatable bonds is 9. The van der Waals surface area contributed by atoms with Crippen molar-refractivity contribution in [3.05, 3.63) is 72.4 Å². The number of benzene rings is 1. The van der Waals surface area contributed by atoms with Gasteiger partial charge in [-0.1, -0.05) is 30.3 Å². The van der Waals surface area contributed by atoms with Crippen molar-refractivity contribution < 1.29 is 14.6 Å². The van der Waals surface area contributed by atoms with Crippen LogP contribution in [0.5, 0.6) is 6.01 Å². The van der Waals surface area contributed by atoms with Gasteiger partial charge in [-0.2, -0.15) is 10.2 Å². The lowest BCUT2D eigenvalue weighted by Gasteiger charge is -2.45. The maximum atomic E-state index is 13.7. The minimum atomic E-state index is -0.795. The van der Waals surface area contributed by atoms with Crippen molar-refractivity contribution in [1.29, 1.82) is 5.26 Å². The second-order valence-electron chi connectivity index (χ2n) is 11.8. The molecule has 2 aliphatic rings. The van der Waals surface area contributed by atoms with Gasteiger partial charge in [0.05, 0.1) is 18.9 Å². The largest absolute Gasteiger partial charge is 0.467 e. The molecule has 1 aliphatic carbocycles. The maximum absolute atomic E-state index is 13.7. The number of carbonyl (C=O) groups is 1. The van der Waals surface area contributed by atoms with Crippen molar-refractivity contribution in [2.24, 2.45) is 0 Å². The summed E-state index contributed by atoms with van der Waals surface area (Å²) in [5.74, 6) is 1.26. The molecule has 0 atom stereocenters. The number of amides is 2. The molecule has 14 nitrogen and oxygen atoms in total. The summed E-state index contributed by atoms with van der Waals surface area (Å²) in [6.07, 6.45) is 11.0. The molecule has 0 radical (unpaired) electrons. The first-order valence-corrected chi connectivity index (χ1v) is 15.1. The number of nitriles is 1. The predicted octanol–water partition coefficient (Wildman–Crippen LogP) is 3.31. The van der Waals surface area contributed by atoms with E-state index >= 15 is 0 Å². The topological polar surface area (TPSA) is 178 Å². The lowest BCUT2D eigenvalue weighted by atomic mass is 9.90. The van der Waals surface area contributed by atoms with Gasteiger partial charge in [0.2, 0.25) is 11.9 Å². The van der Waals surface area contributed by atoms with Gasteiger partial charge in [0.1, 0.15) is 11.6 Å². The molecule has 1 aliphatic heterocycles. The average Bonchev–Trinajstić information content (AvgIpc) is 3.08. The lowest BCUT2D eigenvalue weighted by molar-refractivity contribution is 0.0305. The first kappa shape index (κ1) is 30.6. The minimum Gasteiger partial charge on any atom is -0.467 e. The first-order valence-electron chi connectivity index (χ1n) is 15.1. The van der Waals surface area contributed by atoms with Gasteiger partial charge in [0.15, 0.2) is 5.82 Å². The molecule has 3 aromatic heterocycles. The van der Waals surface area contributed by atoms with Crippen LogP contribution in [0.1, 0.15) is 43.7 Å². The molecule has 46 heavy (non-hydrogen) atoms. The number of hydrogen-bond acceptors (Lipinski definition) is 12. The number of ether oxygens (including phenoxy) is 1. The number of carbonyl (C=O) groups excluding carboxylic acids is 1. The van der Waals surface area contributed by atoms with Gasteiger partial charge in [-0.15, -0.1) is 0 Å². The maximum Gasteiger partial charge on any atom is 0.324 e. The summed E-state index contributed by atoms with van der Waals surface area (Å²) in [6, 6.07) is 11.8. The number of urea groups is 1. The lowest BCUT2D eigenvalue weighted by Crippen LogP contribution is -2.60. The Hall–Kier alpha value is -5.42. The van der Waals surface area contributed by atoms with E-state index in [-0.39, 0.29) is 24.1 Å². The Morgan fingerprint density at radius 3 is 2.28 bits per heavy atom. The summed E-state index contributed by atoms with van der Waals surface area (Å²) in [5.41, 5.74) is 2.01. The van der Waals surface area contributed by atoms with Crippen LogP contribution < -0.4 is 25.2 Å². The molecule has 0 unspecified atom stereocenters. The number of β-amino-alcohol motifs (C(OH)–C–C–N with tert-alkyl or cyclic N) is 1. The standard InChI is InChI=1S/C32H35N11O3/c1-32(45)19-42(20-32)27-22(12-33)14-34-28(41-27)40-25-8-10-26(11-9-25)43(31(44)39-13-21-6-4-3-5-7-21)29-35-15-23(16-36-29)24-17-37-30(46-2)38-18-24/h3-7,14-18,25-26,45H,8-11,13,19-20H2,1-2H3,(H,39,44)(H,34,40,41)/t25-,26-. The smallest absolute Gasteiger partial charge is 0.324 e. The van der Waals surface area contributed by atoms with Crippen molar-refractivity contribution in [2.45, 2.75) is 56.8 Å². The molecule has 236 valence electrons. The van der Waals surface area contributed by atoms with Crippen LogP contribution in [0.4, 0.5) is 22.5 Å². The monoisotopic (exact) mass is 621 g/mol. The molecule has 6 rings (SSSR count). The molecule has 14 heteroatoms. The van der Waals surface area contributed by atoms with Crippen molar-refractivity contribution in [3.63, 3.8) is 0 Å². The molecule has 1 saturated carbocycles. The molecular weight excluding hydrogens is 586 g/mol. The zero-order valence-corrected chi connectivity index (χ0v) is 25.7. The number of aliphatic hydroxyl groups is 1.